The third-order valence-electron chi connectivity index (χ3n) is 3.02. The number of benzene rings is 2. The van der Waals surface area contributed by atoms with Crippen LogP contribution in [-0.4, -0.2) is 18.8 Å². The van der Waals surface area contributed by atoms with Gasteiger partial charge in [0.2, 0.25) is 0 Å². The van der Waals surface area contributed by atoms with Crippen molar-refractivity contribution in [3.63, 3.8) is 0 Å². The number of ketones is 1. The van der Waals surface area contributed by atoms with E-state index in [1.165, 1.54) is 12.3 Å². The van der Waals surface area contributed by atoms with Crippen LogP contribution in [0.3, 0.4) is 0 Å². The number of carbonyl (C=O) groups excluding carboxylic acids is 2. The van der Waals surface area contributed by atoms with Crippen LogP contribution in [0.25, 0.3) is 0 Å². The molecule has 0 spiro atoms. The number of rotatable bonds is 6. The molecular weight excluding hydrogens is 280 g/mol. The van der Waals surface area contributed by atoms with Crippen LogP contribution >= 0.6 is 0 Å². The minimum Gasteiger partial charge on any atom is -0.497 e. The van der Waals surface area contributed by atoms with E-state index in [2.05, 4.69) is 5.32 Å². The van der Waals surface area contributed by atoms with E-state index < -0.39 is 5.91 Å². The first-order valence-corrected chi connectivity index (χ1v) is 6.62. The molecule has 5 heteroatoms. The minimum atomic E-state index is -0.532. The van der Waals surface area contributed by atoms with Crippen molar-refractivity contribution >= 4 is 17.4 Å². The van der Waals surface area contributed by atoms with Gasteiger partial charge in [-0.3, -0.25) is 9.59 Å². The van der Waals surface area contributed by atoms with E-state index >= 15 is 0 Å². The summed E-state index contributed by atoms with van der Waals surface area (Å²) in [5.74, 6) is -0.0927. The predicted molar refractivity (Wildman–Crippen MR) is 85.0 cm³/mol. The number of nitrogens with two attached hydrogens (primary N) is 1. The molecule has 0 radical (unpaired) electrons. The number of allylic oxidation sites excluding steroid dienone is 1. The molecule has 0 aliphatic rings. The summed E-state index contributed by atoms with van der Waals surface area (Å²) in [6, 6.07) is 13.7. The van der Waals surface area contributed by atoms with E-state index in [-0.39, 0.29) is 5.78 Å². The lowest BCUT2D eigenvalue weighted by Crippen LogP contribution is -2.13. The van der Waals surface area contributed by atoms with Gasteiger partial charge in [-0.2, -0.15) is 0 Å². The van der Waals surface area contributed by atoms with Crippen molar-refractivity contribution in [1.29, 1.82) is 0 Å². The van der Waals surface area contributed by atoms with Crippen LogP contribution in [0.5, 0.6) is 5.75 Å². The SMILES string of the molecule is COc1cccc(C(=O)C=CNc2ccccc2C(N)=O)c1. The molecule has 0 fully saturated rings. The van der Waals surface area contributed by atoms with Gasteiger partial charge in [-0.15, -0.1) is 0 Å². The molecule has 2 aromatic rings. The van der Waals surface area contributed by atoms with Crippen LogP contribution in [0, 0.1) is 0 Å². The molecule has 3 N–H and O–H groups in total. The highest BCUT2D eigenvalue weighted by Gasteiger charge is 2.06. The zero-order valence-electron chi connectivity index (χ0n) is 12.1. The molecule has 0 aromatic heterocycles. The molecule has 0 heterocycles. The van der Waals surface area contributed by atoms with Gasteiger partial charge in [0, 0.05) is 17.8 Å². The minimum absolute atomic E-state index is 0.178. The molecule has 2 rings (SSSR count). The standard InChI is InChI=1S/C17H16N2O3/c1-22-13-6-4-5-12(11-13)16(20)9-10-19-15-8-3-2-7-14(15)17(18)21/h2-11,19H,1H3,(H2,18,21). The Hall–Kier alpha value is -3.08. The van der Waals surface area contributed by atoms with Crippen LogP contribution in [-0.2, 0) is 0 Å². The monoisotopic (exact) mass is 296 g/mol. The first-order valence-electron chi connectivity index (χ1n) is 6.62. The highest BCUT2D eigenvalue weighted by atomic mass is 16.5. The number of amides is 1. The third-order valence-corrected chi connectivity index (χ3v) is 3.02. The van der Waals surface area contributed by atoms with Crippen LogP contribution in [0.2, 0.25) is 0 Å². The van der Waals surface area contributed by atoms with Crippen molar-refractivity contribution in [1.82, 2.24) is 0 Å². The molecule has 0 aliphatic carbocycles. The molecule has 0 bridgehead atoms. The summed E-state index contributed by atoms with van der Waals surface area (Å²) in [6.45, 7) is 0. The Morgan fingerprint density at radius 3 is 2.64 bits per heavy atom. The zero-order chi connectivity index (χ0) is 15.9. The van der Waals surface area contributed by atoms with Crippen molar-refractivity contribution in [3.8, 4) is 5.75 Å². The Morgan fingerprint density at radius 1 is 1.14 bits per heavy atom. The molecule has 22 heavy (non-hydrogen) atoms. The van der Waals surface area contributed by atoms with Crippen molar-refractivity contribution in [3.05, 3.63) is 71.9 Å². The first kappa shape index (κ1) is 15.3. The number of carbonyl (C=O) groups is 2. The van der Waals surface area contributed by atoms with Gasteiger partial charge in [0.25, 0.3) is 5.91 Å². The van der Waals surface area contributed by atoms with Crippen molar-refractivity contribution < 1.29 is 14.3 Å². The van der Waals surface area contributed by atoms with Crippen molar-refractivity contribution in [2.75, 3.05) is 12.4 Å². The van der Waals surface area contributed by atoms with Crippen LogP contribution in [0.1, 0.15) is 20.7 Å². The summed E-state index contributed by atoms with van der Waals surface area (Å²) in [6.07, 6.45) is 2.86. The second-order valence-electron chi connectivity index (χ2n) is 4.48. The lowest BCUT2D eigenvalue weighted by molar-refractivity contribution is 0.0999. The van der Waals surface area contributed by atoms with Gasteiger partial charge in [-0.25, -0.2) is 0 Å². The Balaban J connectivity index is 2.09. The van der Waals surface area contributed by atoms with Gasteiger partial charge >= 0.3 is 0 Å². The zero-order valence-corrected chi connectivity index (χ0v) is 12.1. The van der Waals surface area contributed by atoms with Crippen LogP contribution in [0.15, 0.2) is 60.8 Å². The highest BCUT2D eigenvalue weighted by Crippen LogP contribution is 2.15. The maximum absolute atomic E-state index is 12.0. The fourth-order valence-corrected chi connectivity index (χ4v) is 1.90. The van der Waals surface area contributed by atoms with E-state index in [4.69, 9.17) is 10.5 Å². The van der Waals surface area contributed by atoms with Gasteiger partial charge in [0.05, 0.1) is 18.4 Å². The quantitative estimate of drug-likeness (QED) is 0.634. The average molecular weight is 296 g/mol. The summed E-state index contributed by atoms with van der Waals surface area (Å²) < 4.78 is 5.08. The summed E-state index contributed by atoms with van der Waals surface area (Å²) >= 11 is 0. The average Bonchev–Trinajstić information content (AvgIpc) is 2.55. The van der Waals surface area contributed by atoms with Gasteiger partial charge in [-0.1, -0.05) is 24.3 Å². The molecule has 0 aliphatic heterocycles. The summed E-state index contributed by atoms with van der Waals surface area (Å²) in [7, 11) is 1.54. The number of nitrogens with one attached hydrogen (secondary N) is 1. The first-order chi connectivity index (χ1) is 10.6. The summed E-state index contributed by atoms with van der Waals surface area (Å²) in [4.78, 5) is 23.3. The van der Waals surface area contributed by atoms with Gasteiger partial charge in [-0.05, 0) is 24.3 Å². The second kappa shape index (κ2) is 7.08. The lowest BCUT2D eigenvalue weighted by Gasteiger charge is -2.05. The van der Waals surface area contributed by atoms with Crippen LogP contribution < -0.4 is 15.8 Å². The Morgan fingerprint density at radius 2 is 1.91 bits per heavy atom. The molecule has 0 atom stereocenters. The number of methoxy groups -OCH3 is 1. The maximum Gasteiger partial charge on any atom is 0.250 e. The van der Waals surface area contributed by atoms with Gasteiger partial charge in [0.15, 0.2) is 5.78 Å². The molecule has 0 saturated carbocycles. The molecule has 1 amide bonds. The summed E-state index contributed by atoms with van der Waals surface area (Å²) in [5.41, 5.74) is 6.71. The van der Waals surface area contributed by atoms with E-state index in [9.17, 15) is 9.59 Å². The number of primary amides is 1. The number of para-hydroxylation sites is 1. The number of anilines is 1. The fraction of sp³-hybridized carbons (Fsp3) is 0.0588. The molecule has 112 valence electrons. The van der Waals surface area contributed by atoms with Crippen molar-refractivity contribution in [2.24, 2.45) is 5.73 Å². The topological polar surface area (TPSA) is 81.4 Å². The molecule has 2 aromatic carbocycles. The van der Waals surface area contributed by atoms with Crippen LogP contribution in [0.4, 0.5) is 5.69 Å². The van der Waals surface area contributed by atoms with E-state index in [0.29, 0.717) is 22.6 Å². The van der Waals surface area contributed by atoms with E-state index in [1.54, 1.807) is 55.6 Å². The normalized spacial score (nSPS) is 10.4. The Labute approximate surface area is 128 Å². The summed E-state index contributed by atoms with van der Waals surface area (Å²) in [5, 5.41) is 2.89. The van der Waals surface area contributed by atoms with Gasteiger partial charge in [0.1, 0.15) is 5.75 Å². The molecule has 5 nitrogen and oxygen atoms in total. The third kappa shape index (κ3) is 3.73. The number of hydrogen-bond donors (Lipinski definition) is 2. The fourth-order valence-electron chi connectivity index (χ4n) is 1.90. The van der Waals surface area contributed by atoms with E-state index in [1.807, 2.05) is 0 Å². The number of ether oxygens (including phenoxy) is 1. The Bertz CT molecular complexity index is 723. The highest BCUT2D eigenvalue weighted by molar-refractivity contribution is 6.05. The second-order valence-corrected chi connectivity index (χ2v) is 4.48. The van der Waals surface area contributed by atoms with Crippen molar-refractivity contribution in [2.45, 2.75) is 0 Å². The smallest absolute Gasteiger partial charge is 0.250 e. The molecular formula is C17H16N2O3. The largest absolute Gasteiger partial charge is 0.497 e. The lowest BCUT2D eigenvalue weighted by atomic mass is 10.1. The van der Waals surface area contributed by atoms with Gasteiger partial charge < -0.3 is 15.8 Å². The molecule has 0 unspecified atom stereocenters. The maximum atomic E-state index is 12.0. The number of hydrogen-bond acceptors (Lipinski definition) is 4. The molecule has 0 saturated heterocycles. The van der Waals surface area contributed by atoms with E-state index in [0.717, 1.165) is 0 Å². The Kier molecular flexibility index (Phi) is 4.93. The predicted octanol–water partition coefficient (Wildman–Crippen LogP) is 2.60.